The minimum Gasteiger partial charge on any atom is -0.458 e. The molecule has 0 saturated carbocycles. The first kappa shape index (κ1) is 53.2. The molecule has 0 aromatic heterocycles. The first-order chi connectivity index (χ1) is 26.5. The lowest BCUT2D eigenvalue weighted by molar-refractivity contribution is -0.160. The van der Waals surface area contributed by atoms with Crippen molar-refractivity contribution in [3.05, 3.63) is 0 Å². The summed E-state index contributed by atoms with van der Waals surface area (Å²) in [5.41, 5.74) is -1.03. The van der Waals surface area contributed by atoms with Gasteiger partial charge in [0.05, 0.1) is 165 Å². The van der Waals surface area contributed by atoms with Crippen molar-refractivity contribution in [1.82, 2.24) is 5.32 Å². The zero-order valence-corrected chi connectivity index (χ0v) is 34.5. The molecule has 55 heavy (non-hydrogen) atoms. The number of carbonyl (C=O) groups excluding carboxylic acids is 2. The minimum absolute atomic E-state index is 0.0887. The van der Waals surface area contributed by atoms with E-state index in [2.05, 4.69) is 5.32 Å². The summed E-state index contributed by atoms with van der Waals surface area (Å²) in [6.07, 6.45) is -0.457. The summed E-state index contributed by atoms with van der Waals surface area (Å²) in [4.78, 5) is 23.0. The van der Waals surface area contributed by atoms with Gasteiger partial charge in [0.25, 0.3) is 0 Å². The molecule has 0 spiro atoms. The fourth-order valence-electron chi connectivity index (χ4n) is 3.70. The van der Waals surface area contributed by atoms with Crippen LogP contribution in [0.3, 0.4) is 0 Å². The van der Waals surface area contributed by atoms with Crippen LogP contribution in [0, 0.1) is 0 Å². The van der Waals surface area contributed by atoms with Crippen LogP contribution >= 0.6 is 0 Å². The van der Waals surface area contributed by atoms with E-state index in [0.717, 1.165) is 0 Å². The van der Waals surface area contributed by atoms with Crippen LogP contribution in [0.2, 0.25) is 0 Å². The molecule has 328 valence electrons. The average Bonchev–Trinajstić information content (AvgIpc) is 3.10. The highest BCUT2D eigenvalue weighted by molar-refractivity contribution is 5.71. The van der Waals surface area contributed by atoms with Gasteiger partial charge in [-0.15, -0.1) is 0 Å². The second kappa shape index (κ2) is 39.1. The number of alkyl carbamates (subject to hydrolysis) is 1. The summed E-state index contributed by atoms with van der Waals surface area (Å²) < 4.78 is 81.0. The van der Waals surface area contributed by atoms with Crippen molar-refractivity contribution in [2.75, 3.05) is 178 Å². The number of nitrogens with one attached hydrogen (secondary N) is 1. The van der Waals surface area contributed by atoms with Gasteiger partial charge in [-0.1, -0.05) is 0 Å². The van der Waals surface area contributed by atoms with Crippen molar-refractivity contribution in [1.29, 1.82) is 0 Å². The normalized spacial score (nSPS) is 12.0. The summed E-state index contributed by atoms with van der Waals surface area (Å²) in [6.45, 7) is 22.6. The Morgan fingerprint density at radius 2 is 0.545 bits per heavy atom. The average molecular weight is 804 g/mol. The maximum Gasteiger partial charge on any atom is 0.407 e. The largest absolute Gasteiger partial charge is 0.458 e. The number of hydrogen-bond donors (Lipinski definition) is 1. The Morgan fingerprint density at radius 3 is 0.782 bits per heavy atom. The molecule has 0 aliphatic heterocycles. The molecule has 0 bridgehead atoms. The van der Waals surface area contributed by atoms with E-state index in [9.17, 15) is 9.59 Å². The summed E-state index contributed by atoms with van der Waals surface area (Å²) in [5, 5.41) is 2.63. The summed E-state index contributed by atoms with van der Waals surface area (Å²) in [7, 11) is 0. The molecule has 0 aromatic carbocycles. The predicted molar refractivity (Wildman–Crippen MR) is 201 cm³/mol. The third kappa shape index (κ3) is 48.3. The maximum absolute atomic E-state index is 11.5. The number of rotatable bonds is 41. The Morgan fingerprint density at radius 1 is 0.327 bits per heavy atom. The zero-order chi connectivity index (χ0) is 40.6. The van der Waals surface area contributed by atoms with Gasteiger partial charge >= 0.3 is 12.1 Å². The fourth-order valence-corrected chi connectivity index (χ4v) is 3.70. The third-order valence-corrected chi connectivity index (χ3v) is 6.02. The monoisotopic (exact) mass is 803 g/mol. The van der Waals surface area contributed by atoms with Gasteiger partial charge in [-0.05, 0) is 41.5 Å². The summed E-state index contributed by atoms with van der Waals surface area (Å²) in [5.74, 6) is -0.391. The Balaban J connectivity index is 3.13. The van der Waals surface area contributed by atoms with E-state index in [1.807, 2.05) is 41.5 Å². The van der Waals surface area contributed by atoms with E-state index in [1.54, 1.807) is 0 Å². The van der Waals surface area contributed by atoms with Crippen molar-refractivity contribution >= 4 is 12.1 Å². The lowest BCUT2D eigenvalue weighted by Gasteiger charge is -2.19. The zero-order valence-electron chi connectivity index (χ0n) is 34.5. The molecule has 0 saturated heterocycles. The van der Waals surface area contributed by atoms with Crippen LogP contribution in [0.15, 0.2) is 0 Å². The molecule has 0 aromatic rings. The van der Waals surface area contributed by atoms with Gasteiger partial charge in [-0.25, -0.2) is 9.59 Å². The number of ether oxygens (including phenoxy) is 15. The van der Waals surface area contributed by atoms with Crippen molar-refractivity contribution in [2.24, 2.45) is 0 Å². The Kier molecular flexibility index (Phi) is 37.8. The molecule has 0 radical (unpaired) electrons. The van der Waals surface area contributed by atoms with E-state index in [-0.39, 0.29) is 6.61 Å². The topological polar surface area (TPSA) is 185 Å². The van der Waals surface area contributed by atoms with Gasteiger partial charge in [0.15, 0.2) is 0 Å². The first-order valence-corrected chi connectivity index (χ1v) is 19.2. The minimum atomic E-state index is -0.517. The molecule has 0 aliphatic rings. The van der Waals surface area contributed by atoms with Gasteiger partial charge in [-0.2, -0.15) is 0 Å². The molecular formula is C37H73NO17. The lowest BCUT2D eigenvalue weighted by Crippen LogP contribution is -2.34. The molecule has 0 aliphatic carbocycles. The van der Waals surface area contributed by atoms with Crippen LogP contribution in [-0.4, -0.2) is 202 Å². The van der Waals surface area contributed by atoms with Crippen LogP contribution < -0.4 is 5.32 Å². The second-order valence-electron chi connectivity index (χ2n) is 13.4. The number of carbonyl (C=O) groups is 2. The van der Waals surface area contributed by atoms with Gasteiger partial charge in [0.1, 0.15) is 17.8 Å². The smallest absolute Gasteiger partial charge is 0.407 e. The summed E-state index contributed by atoms with van der Waals surface area (Å²) >= 11 is 0. The van der Waals surface area contributed by atoms with Gasteiger partial charge < -0.3 is 76.4 Å². The van der Waals surface area contributed by atoms with Crippen LogP contribution in [0.1, 0.15) is 41.5 Å². The van der Waals surface area contributed by atoms with Gasteiger partial charge in [-0.3, -0.25) is 0 Å². The molecule has 0 atom stereocenters. The highest BCUT2D eigenvalue weighted by Gasteiger charge is 2.16. The van der Waals surface area contributed by atoms with Crippen molar-refractivity contribution in [3.8, 4) is 0 Å². The van der Waals surface area contributed by atoms with E-state index < -0.39 is 23.3 Å². The molecule has 1 N–H and O–H groups in total. The van der Waals surface area contributed by atoms with Gasteiger partial charge in [0.2, 0.25) is 0 Å². The molecule has 18 heteroatoms. The highest BCUT2D eigenvalue weighted by atomic mass is 16.6. The van der Waals surface area contributed by atoms with Gasteiger partial charge in [0, 0.05) is 6.54 Å². The second-order valence-corrected chi connectivity index (χ2v) is 13.4. The van der Waals surface area contributed by atoms with Crippen LogP contribution in [0.5, 0.6) is 0 Å². The predicted octanol–water partition coefficient (Wildman–Crippen LogP) is 2.07. The van der Waals surface area contributed by atoms with Crippen molar-refractivity contribution < 1.29 is 80.6 Å². The standard InChI is InChI=1S/C37H73NO17/c1-36(2,3)54-34(39)33-53-32-31-52-30-29-51-28-27-50-26-25-49-24-23-48-22-21-47-20-19-46-18-17-45-16-15-44-14-13-43-12-11-42-10-9-41-8-7-38-35(40)55-37(4,5)6/h7-33H2,1-6H3,(H,38,40). The third-order valence-electron chi connectivity index (χ3n) is 6.02. The molecule has 18 nitrogen and oxygen atoms in total. The molecule has 0 unspecified atom stereocenters. The van der Waals surface area contributed by atoms with E-state index >= 15 is 0 Å². The summed E-state index contributed by atoms with van der Waals surface area (Å²) in [6, 6.07) is 0. The Bertz CT molecular complexity index is 776. The molecule has 0 heterocycles. The molecule has 0 rings (SSSR count). The quantitative estimate of drug-likeness (QED) is 0.0699. The first-order valence-electron chi connectivity index (χ1n) is 19.2. The maximum atomic E-state index is 11.5. The van der Waals surface area contributed by atoms with Crippen LogP contribution in [0.25, 0.3) is 0 Å². The Labute approximate surface area is 328 Å². The highest BCUT2D eigenvalue weighted by Crippen LogP contribution is 2.07. The fraction of sp³-hybridized carbons (Fsp3) is 0.946. The lowest BCUT2D eigenvalue weighted by atomic mass is 10.2. The molecular weight excluding hydrogens is 730 g/mol. The molecule has 0 fully saturated rings. The number of esters is 1. The SMILES string of the molecule is CC(C)(C)OC(=O)COCCOCCOCCOCCOCCOCCOCCOCCOCCOCCOCCOCCOCCNC(=O)OC(C)(C)C. The van der Waals surface area contributed by atoms with Crippen molar-refractivity contribution in [3.63, 3.8) is 0 Å². The van der Waals surface area contributed by atoms with Crippen molar-refractivity contribution in [2.45, 2.75) is 52.7 Å². The van der Waals surface area contributed by atoms with E-state index in [1.165, 1.54) is 0 Å². The Hall–Kier alpha value is -1.78. The van der Waals surface area contributed by atoms with Crippen LogP contribution in [0.4, 0.5) is 4.79 Å². The van der Waals surface area contributed by atoms with E-state index in [4.69, 9.17) is 71.1 Å². The number of amides is 1. The molecule has 1 amide bonds. The van der Waals surface area contributed by atoms with E-state index in [0.29, 0.717) is 172 Å². The number of hydrogen-bond acceptors (Lipinski definition) is 17. The van der Waals surface area contributed by atoms with Crippen LogP contribution in [-0.2, 0) is 75.8 Å².